The fourth-order valence-corrected chi connectivity index (χ4v) is 2.06. The molecule has 0 aliphatic rings. The molecule has 2 aromatic rings. The second-order valence-corrected chi connectivity index (χ2v) is 4.18. The van der Waals surface area contributed by atoms with Gasteiger partial charge in [-0.25, -0.2) is 0 Å². The second-order valence-electron chi connectivity index (χ2n) is 4.18. The molecule has 2 heteroatoms. The van der Waals surface area contributed by atoms with Gasteiger partial charge >= 0.3 is 0 Å². The van der Waals surface area contributed by atoms with E-state index in [2.05, 4.69) is 0 Å². The Morgan fingerprint density at radius 3 is 2.41 bits per heavy atom. The summed E-state index contributed by atoms with van der Waals surface area (Å²) in [5, 5.41) is 19.7. The van der Waals surface area contributed by atoms with Gasteiger partial charge in [-0.3, -0.25) is 0 Å². The van der Waals surface area contributed by atoms with Gasteiger partial charge in [0.1, 0.15) is 11.5 Å². The molecular formula is C15H16O2. The first kappa shape index (κ1) is 11.5. The number of benzene rings is 2. The Hall–Kier alpha value is -1.96. The van der Waals surface area contributed by atoms with Crippen LogP contribution in [0.3, 0.4) is 0 Å². The Labute approximate surface area is 101 Å². The summed E-state index contributed by atoms with van der Waals surface area (Å²) in [6.45, 7) is 3.97. The van der Waals surface area contributed by atoms with E-state index in [4.69, 9.17) is 0 Å². The van der Waals surface area contributed by atoms with E-state index in [1.807, 2.05) is 32.0 Å². The molecule has 2 nitrogen and oxygen atoms in total. The van der Waals surface area contributed by atoms with Gasteiger partial charge in [0.2, 0.25) is 0 Å². The zero-order chi connectivity index (χ0) is 12.4. The van der Waals surface area contributed by atoms with Gasteiger partial charge in [0.25, 0.3) is 0 Å². The molecule has 0 aliphatic heterocycles. The number of hydrogen-bond acceptors (Lipinski definition) is 2. The largest absolute Gasteiger partial charge is 0.508 e. The van der Waals surface area contributed by atoms with Gasteiger partial charge in [0.15, 0.2) is 0 Å². The average Bonchev–Trinajstić information content (AvgIpc) is 2.32. The van der Waals surface area contributed by atoms with Gasteiger partial charge in [-0.05, 0) is 37.1 Å². The maximum absolute atomic E-state index is 9.92. The van der Waals surface area contributed by atoms with E-state index >= 15 is 0 Å². The summed E-state index contributed by atoms with van der Waals surface area (Å²) >= 11 is 0. The van der Waals surface area contributed by atoms with Crippen LogP contribution in [0.4, 0.5) is 0 Å². The lowest BCUT2D eigenvalue weighted by molar-refractivity contribution is 0.468. The van der Waals surface area contributed by atoms with Crippen LogP contribution in [0, 0.1) is 6.92 Å². The third-order valence-corrected chi connectivity index (χ3v) is 2.95. The van der Waals surface area contributed by atoms with Gasteiger partial charge in [-0.2, -0.15) is 0 Å². The van der Waals surface area contributed by atoms with Gasteiger partial charge < -0.3 is 10.2 Å². The summed E-state index contributed by atoms with van der Waals surface area (Å²) in [6, 6.07) is 10.9. The van der Waals surface area contributed by atoms with Crippen molar-refractivity contribution in [2.75, 3.05) is 0 Å². The van der Waals surface area contributed by atoms with Crippen molar-refractivity contribution in [2.45, 2.75) is 20.3 Å². The molecule has 0 heterocycles. The van der Waals surface area contributed by atoms with Crippen molar-refractivity contribution in [1.82, 2.24) is 0 Å². The van der Waals surface area contributed by atoms with Gasteiger partial charge in [0, 0.05) is 11.1 Å². The number of phenolic OH excluding ortho intramolecular Hbond substituents is 2. The molecule has 2 rings (SSSR count). The molecule has 88 valence electrons. The standard InChI is InChI=1S/C15H16O2/c1-3-11-12(5-4-6-14(11)16)13-9-10(2)7-8-15(13)17/h4-9,16-17H,3H2,1-2H3. The van der Waals surface area contributed by atoms with Gasteiger partial charge in [0.05, 0.1) is 0 Å². The number of rotatable bonds is 2. The summed E-state index contributed by atoms with van der Waals surface area (Å²) in [7, 11) is 0. The number of aromatic hydroxyl groups is 2. The first-order valence-electron chi connectivity index (χ1n) is 5.74. The van der Waals surface area contributed by atoms with Crippen LogP contribution in [0.15, 0.2) is 36.4 Å². The maximum atomic E-state index is 9.92. The normalized spacial score (nSPS) is 10.5. The lowest BCUT2D eigenvalue weighted by Gasteiger charge is -2.12. The van der Waals surface area contributed by atoms with E-state index in [1.165, 1.54) is 0 Å². The van der Waals surface area contributed by atoms with Crippen LogP contribution in [-0.4, -0.2) is 10.2 Å². The van der Waals surface area contributed by atoms with E-state index in [9.17, 15) is 10.2 Å². The van der Waals surface area contributed by atoms with Crippen LogP contribution in [0.25, 0.3) is 11.1 Å². The molecular weight excluding hydrogens is 212 g/mol. The Bertz CT molecular complexity index is 545. The fourth-order valence-electron chi connectivity index (χ4n) is 2.06. The predicted octanol–water partition coefficient (Wildman–Crippen LogP) is 3.64. The maximum Gasteiger partial charge on any atom is 0.123 e. The first-order valence-corrected chi connectivity index (χ1v) is 5.74. The third-order valence-electron chi connectivity index (χ3n) is 2.95. The van der Waals surface area contributed by atoms with E-state index in [0.29, 0.717) is 0 Å². The molecule has 0 saturated carbocycles. The highest BCUT2D eigenvalue weighted by molar-refractivity contribution is 5.75. The molecule has 0 saturated heterocycles. The minimum Gasteiger partial charge on any atom is -0.508 e. The summed E-state index contributed by atoms with van der Waals surface area (Å²) < 4.78 is 0. The second kappa shape index (κ2) is 4.50. The molecule has 0 aliphatic carbocycles. The molecule has 2 aromatic carbocycles. The van der Waals surface area contributed by atoms with Crippen molar-refractivity contribution in [3.63, 3.8) is 0 Å². The average molecular weight is 228 g/mol. The van der Waals surface area contributed by atoms with E-state index in [1.54, 1.807) is 18.2 Å². The molecule has 0 aromatic heterocycles. The number of aryl methyl sites for hydroxylation is 1. The Morgan fingerprint density at radius 1 is 0.941 bits per heavy atom. The van der Waals surface area contributed by atoms with Crippen molar-refractivity contribution in [2.24, 2.45) is 0 Å². The summed E-state index contributed by atoms with van der Waals surface area (Å²) in [4.78, 5) is 0. The molecule has 0 bridgehead atoms. The highest BCUT2D eigenvalue weighted by Crippen LogP contribution is 2.35. The van der Waals surface area contributed by atoms with Crippen molar-refractivity contribution < 1.29 is 10.2 Å². The highest BCUT2D eigenvalue weighted by atomic mass is 16.3. The van der Waals surface area contributed by atoms with Crippen molar-refractivity contribution in [3.05, 3.63) is 47.5 Å². The van der Waals surface area contributed by atoms with E-state index in [0.717, 1.165) is 28.7 Å². The molecule has 0 fully saturated rings. The Balaban J connectivity index is 2.68. The van der Waals surface area contributed by atoms with E-state index < -0.39 is 0 Å². The minimum atomic E-state index is 0.246. The molecule has 0 radical (unpaired) electrons. The van der Waals surface area contributed by atoms with E-state index in [-0.39, 0.29) is 11.5 Å². The fraction of sp³-hybridized carbons (Fsp3) is 0.200. The SMILES string of the molecule is CCc1c(O)cccc1-c1cc(C)ccc1O. The Morgan fingerprint density at radius 2 is 1.71 bits per heavy atom. The molecule has 0 spiro atoms. The van der Waals surface area contributed by atoms with Crippen LogP contribution < -0.4 is 0 Å². The van der Waals surface area contributed by atoms with Gasteiger partial charge in [-0.15, -0.1) is 0 Å². The Kier molecular flexibility index (Phi) is 3.05. The van der Waals surface area contributed by atoms with Crippen LogP contribution in [-0.2, 0) is 6.42 Å². The number of hydrogen-bond donors (Lipinski definition) is 2. The molecule has 0 amide bonds. The first-order chi connectivity index (χ1) is 8.13. The van der Waals surface area contributed by atoms with Gasteiger partial charge in [-0.1, -0.05) is 30.7 Å². The zero-order valence-electron chi connectivity index (χ0n) is 10.1. The minimum absolute atomic E-state index is 0.246. The smallest absolute Gasteiger partial charge is 0.123 e. The summed E-state index contributed by atoms with van der Waals surface area (Å²) in [5.41, 5.74) is 3.63. The van der Waals surface area contributed by atoms with Crippen LogP contribution in [0.2, 0.25) is 0 Å². The van der Waals surface area contributed by atoms with Crippen molar-refractivity contribution in [3.8, 4) is 22.6 Å². The molecule has 0 unspecified atom stereocenters. The quantitative estimate of drug-likeness (QED) is 0.823. The van der Waals surface area contributed by atoms with Crippen LogP contribution in [0.1, 0.15) is 18.1 Å². The molecule has 0 atom stereocenters. The summed E-state index contributed by atoms with van der Waals surface area (Å²) in [6.07, 6.45) is 0.732. The van der Waals surface area contributed by atoms with Crippen LogP contribution >= 0.6 is 0 Å². The lowest BCUT2D eigenvalue weighted by Crippen LogP contribution is -1.89. The monoisotopic (exact) mass is 228 g/mol. The van der Waals surface area contributed by atoms with Crippen molar-refractivity contribution >= 4 is 0 Å². The highest BCUT2D eigenvalue weighted by Gasteiger charge is 2.11. The topological polar surface area (TPSA) is 40.5 Å². The number of phenols is 2. The van der Waals surface area contributed by atoms with Crippen molar-refractivity contribution in [1.29, 1.82) is 0 Å². The lowest BCUT2D eigenvalue weighted by atomic mass is 9.95. The zero-order valence-corrected chi connectivity index (χ0v) is 10.1. The summed E-state index contributed by atoms with van der Waals surface area (Å²) in [5.74, 6) is 0.529. The molecule has 17 heavy (non-hydrogen) atoms. The van der Waals surface area contributed by atoms with Crippen LogP contribution in [0.5, 0.6) is 11.5 Å². The molecule has 2 N–H and O–H groups in total. The predicted molar refractivity (Wildman–Crippen MR) is 69.3 cm³/mol. The third kappa shape index (κ3) is 2.11.